The highest BCUT2D eigenvalue weighted by molar-refractivity contribution is 7.13. The van der Waals surface area contributed by atoms with Crippen LogP contribution in [0.5, 0.6) is 0 Å². The second kappa shape index (κ2) is 11.6. The van der Waals surface area contributed by atoms with Crippen LogP contribution in [0.3, 0.4) is 0 Å². The predicted molar refractivity (Wildman–Crippen MR) is 132 cm³/mol. The Balaban J connectivity index is 1.57. The molecule has 0 spiro atoms. The van der Waals surface area contributed by atoms with Crippen molar-refractivity contribution in [1.82, 2.24) is 14.8 Å². The number of carbonyl (C=O) groups is 3. The van der Waals surface area contributed by atoms with Gasteiger partial charge in [0, 0.05) is 35.6 Å². The molecule has 0 atom stereocenters. The van der Waals surface area contributed by atoms with Crippen molar-refractivity contribution < 1.29 is 14.4 Å². The van der Waals surface area contributed by atoms with Crippen LogP contribution in [0.1, 0.15) is 49.7 Å². The van der Waals surface area contributed by atoms with Crippen molar-refractivity contribution in [2.75, 3.05) is 31.5 Å². The zero-order valence-electron chi connectivity index (χ0n) is 19.3. The molecular weight excluding hydrogens is 460 g/mol. The minimum Gasteiger partial charge on any atom is -0.342 e. The van der Waals surface area contributed by atoms with Crippen molar-refractivity contribution in [3.63, 3.8) is 0 Å². The third-order valence-electron chi connectivity index (χ3n) is 5.57. The van der Waals surface area contributed by atoms with Crippen LogP contribution in [-0.2, 0) is 16.0 Å². The molecule has 7 nitrogen and oxygen atoms in total. The molecule has 0 unspecified atom stereocenters. The van der Waals surface area contributed by atoms with Crippen molar-refractivity contribution in [2.45, 2.75) is 40.0 Å². The minimum atomic E-state index is -0.324. The largest absolute Gasteiger partial charge is 0.342 e. The summed E-state index contributed by atoms with van der Waals surface area (Å²) in [6, 6.07) is 6.63. The lowest BCUT2D eigenvalue weighted by Gasteiger charge is -2.30. The number of anilines is 1. The van der Waals surface area contributed by atoms with E-state index in [1.54, 1.807) is 29.6 Å². The van der Waals surface area contributed by atoms with Crippen LogP contribution in [-0.4, -0.2) is 58.7 Å². The SMILES string of the molecule is CC(C)CN(CC(=O)Nc1nc(CC(=O)N2CCC(C)CC2)cs1)C(=O)c1ccc(Cl)cc1. The van der Waals surface area contributed by atoms with Gasteiger partial charge in [0.15, 0.2) is 5.13 Å². The molecule has 1 N–H and O–H groups in total. The Bertz CT molecular complexity index is 968. The molecule has 3 amide bonds. The van der Waals surface area contributed by atoms with E-state index in [-0.39, 0.29) is 36.6 Å². The van der Waals surface area contributed by atoms with Crippen LogP contribution in [0, 0.1) is 11.8 Å². The first-order valence-electron chi connectivity index (χ1n) is 11.3. The zero-order chi connectivity index (χ0) is 24.0. The smallest absolute Gasteiger partial charge is 0.254 e. The third-order valence-corrected chi connectivity index (χ3v) is 6.62. The van der Waals surface area contributed by atoms with Gasteiger partial charge in [0.1, 0.15) is 6.54 Å². The zero-order valence-corrected chi connectivity index (χ0v) is 20.9. The molecule has 1 saturated heterocycles. The third kappa shape index (κ3) is 7.54. The summed E-state index contributed by atoms with van der Waals surface area (Å²) in [6.45, 7) is 8.14. The van der Waals surface area contributed by atoms with Crippen LogP contribution < -0.4 is 5.32 Å². The highest BCUT2D eigenvalue weighted by Gasteiger charge is 2.23. The van der Waals surface area contributed by atoms with E-state index < -0.39 is 0 Å². The fourth-order valence-corrected chi connectivity index (χ4v) is 4.59. The van der Waals surface area contributed by atoms with Crippen LogP contribution in [0.2, 0.25) is 5.02 Å². The Labute approximate surface area is 204 Å². The van der Waals surface area contributed by atoms with E-state index in [9.17, 15) is 14.4 Å². The Morgan fingerprint density at radius 1 is 1.21 bits per heavy atom. The van der Waals surface area contributed by atoms with E-state index in [4.69, 9.17) is 11.6 Å². The molecule has 0 aliphatic carbocycles. The topological polar surface area (TPSA) is 82.6 Å². The first-order chi connectivity index (χ1) is 15.7. The summed E-state index contributed by atoms with van der Waals surface area (Å²) in [6.07, 6.45) is 2.30. The van der Waals surface area contributed by atoms with Crippen molar-refractivity contribution >= 4 is 45.8 Å². The molecular formula is C24H31ClN4O3S. The number of likely N-dealkylation sites (tertiary alicyclic amines) is 1. The van der Waals surface area contributed by atoms with Gasteiger partial charge in [-0.05, 0) is 48.9 Å². The molecule has 2 heterocycles. The molecule has 1 aliphatic rings. The van der Waals surface area contributed by atoms with Crippen LogP contribution in [0.25, 0.3) is 0 Å². The monoisotopic (exact) mass is 490 g/mol. The van der Waals surface area contributed by atoms with Crippen LogP contribution in [0.15, 0.2) is 29.6 Å². The number of rotatable bonds is 8. The van der Waals surface area contributed by atoms with Crippen LogP contribution >= 0.6 is 22.9 Å². The maximum Gasteiger partial charge on any atom is 0.254 e. The van der Waals surface area contributed by atoms with Gasteiger partial charge in [0.05, 0.1) is 12.1 Å². The Hall–Kier alpha value is -2.45. The lowest BCUT2D eigenvalue weighted by molar-refractivity contribution is -0.131. The Morgan fingerprint density at radius 2 is 1.88 bits per heavy atom. The van der Waals surface area contributed by atoms with E-state index in [2.05, 4.69) is 17.2 Å². The minimum absolute atomic E-state index is 0.0711. The molecule has 0 radical (unpaired) electrons. The van der Waals surface area contributed by atoms with Crippen molar-refractivity contribution in [1.29, 1.82) is 0 Å². The molecule has 1 aliphatic heterocycles. The number of halogens is 1. The number of nitrogens with one attached hydrogen (secondary N) is 1. The summed E-state index contributed by atoms with van der Waals surface area (Å²) < 4.78 is 0. The second-order valence-electron chi connectivity index (χ2n) is 9.02. The first kappa shape index (κ1) is 25.2. The number of hydrogen-bond acceptors (Lipinski definition) is 5. The number of thiazole rings is 1. The second-order valence-corrected chi connectivity index (χ2v) is 10.3. The number of piperidine rings is 1. The molecule has 1 fully saturated rings. The Morgan fingerprint density at radius 3 is 2.52 bits per heavy atom. The molecule has 9 heteroatoms. The van der Waals surface area contributed by atoms with Gasteiger partial charge in [-0.15, -0.1) is 11.3 Å². The fourth-order valence-electron chi connectivity index (χ4n) is 3.74. The summed E-state index contributed by atoms with van der Waals surface area (Å²) in [7, 11) is 0. The number of amides is 3. The summed E-state index contributed by atoms with van der Waals surface area (Å²) >= 11 is 7.20. The fraction of sp³-hybridized carbons (Fsp3) is 0.500. The molecule has 1 aromatic heterocycles. The maximum atomic E-state index is 12.9. The summed E-state index contributed by atoms with van der Waals surface area (Å²) in [5.41, 5.74) is 1.13. The summed E-state index contributed by atoms with van der Waals surface area (Å²) in [4.78, 5) is 45.9. The summed E-state index contributed by atoms with van der Waals surface area (Å²) in [5.74, 6) is 0.384. The highest BCUT2D eigenvalue weighted by atomic mass is 35.5. The van der Waals surface area contributed by atoms with Crippen molar-refractivity contribution in [3.05, 3.63) is 45.9 Å². The van der Waals surface area contributed by atoms with Gasteiger partial charge in [-0.25, -0.2) is 4.98 Å². The molecule has 0 bridgehead atoms. The quantitative estimate of drug-likeness (QED) is 0.596. The average Bonchev–Trinajstić information content (AvgIpc) is 3.19. The predicted octanol–water partition coefficient (Wildman–Crippen LogP) is 4.33. The normalized spacial score (nSPS) is 14.4. The van der Waals surface area contributed by atoms with E-state index in [1.165, 1.54) is 16.2 Å². The van der Waals surface area contributed by atoms with Gasteiger partial charge < -0.3 is 15.1 Å². The summed E-state index contributed by atoms with van der Waals surface area (Å²) in [5, 5.41) is 5.54. The average molecular weight is 491 g/mol. The maximum absolute atomic E-state index is 12.9. The van der Waals surface area contributed by atoms with E-state index in [0.717, 1.165) is 25.9 Å². The first-order valence-corrected chi connectivity index (χ1v) is 12.5. The van der Waals surface area contributed by atoms with Crippen molar-refractivity contribution in [3.8, 4) is 0 Å². The standard InChI is InChI=1S/C24H31ClN4O3S/c1-16(2)13-29(23(32)18-4-6-19(25)7-5-18)14-21(30)27-24-26-20(15-33-24)12-22(31)28-10-8-17(3)9-11-28/h4-7,15-17H,8-14H2,1-3H3,(H,26,27,30). The van der Waals surface area contributed by atoms with Crippen LogP contribution in [0.4, 0.5) is 5.13 Å². The molecule has 178 valence electrons. The number of benzene rings is 1. The highest BCUT2D eigenvalue weighted by Crippen LogP contribution is 2.20. The van der Waals surface area contributed by atoms with E-state index in [0.29, 0.717) is 33.9 Å². The Kier molecular flexibility index (Phi) is 8.86. The van der Waals surface area contributed by atoms with Crippen molar-refractivity contribution in [2.24, 2.45) is 11.8 Å². The van der Waals surface area contributed by atoms with Gasteiger partial charge in [-0.3, -0.25) is 14.4 Å². The number of nitrogens with zero attached hydrogens (tertiary/aromatic N) is 3. The van der Waals surface area contributed by atoms with Gasteiger partial charge in [0.2, 0.25) is 11.8 Å². The lowest BCUT2D eigenvalue weighted by atomic mass is 9.99. The number of aromatic nitrogens is 1. The molecule has 2 aromatic rings. The lowest BCUT2D eigenvalue weighted by Crippen LogP contribution is -2.40. The van der Waals surface area contributed by atoms with Gasteiger partial charge in [-0.2, -0.15) is 0 Å². The molecule has 3 rings (SSSR count). The molecule has 33 heavy (non-hydrogen) atoms. The molecule has 0 saturated carbocycles. The van der Waals surface area contributed by atoms with Gasteiger partial charge in [-0.1, -0.05) is 32.4 Å². The van der Waals surface area contributed by atoms with Gasteiger partial charge in [0.25, 0.3) is 5.91 Å². The van der Waals surface area contributed by atoms with Gasteiger partial charge >= 0.3 is 0 Å². The number of hydrogen-bond donors (Lipinski definition) is 1. The van der Waals surface area contributed by atoms with E-state index in [1.807, 2.05) is 18.7 Å². The molecule has 1 aromatic carbocycles. The number of carbonyl (C=O) groups excluding carboxylic acids is 3. The van der Waals surface area contributed by atoms with E-state index >= 15 is 0 Å².